The highest BCUT2D eigenvalue weighted by atomic mass is 79.9. The summed E-state index contributed by atoms with van der Waals surface area (Å²) in [4.78, 5) is 11.9. The lowest BCUT2D eigenvalue weighted by molar-refractivity contribution is 0.0136. The average molecular weight is 304 g/mol. The van der Waals surface area contributed by atoms with Crippen molar-refractivity contribution >= 4 is 33.2 Å². The number of thiophene rings is 1. The van der Waals surface area contributed by atoms with Crippen LogP contribution in [0.1, 0.15) is 30.1 Å². The molecule has 0 bridgehead atoms. The molecule has 16 heavy (non-hydrogen) atoms. The Labute approximate surface area is 107 Å². The van der Waals surface area contributed by atoms with Crippen LogP contribution in [-0.2, 0) is 4.74 Å². The Balaban J connectivity index is 1.92. The lowest BCUT2D eigenvalue weighted by Crippen LogP contribution is -2.41. The molecule has 0 radical (unpaired) electrons. The summed E-state index contributed by atoms with van der Waals surface area (Å²) < 4.78 is 6.43. The first-order chi connectivity index (χ1) is 7.65. The molecule has 2 rings (SSSR count). The van der Waals surface area contributed by atoms with Gasteiger partial charge in [0.1, 0.15) is 0 Å². The molecule has 1 aliphatic rings. The summed E-state index contributed by atoms with van der Waals surface area (Å²) >= 11 is 4.88. The molecule has 1 N–H and O–H groups in total. The highest BCUT2D eigenvalue weighted by Gasteiger charge is 2.21. The first kappa shape index (κ1) is 12.1. The van der Waals surface area contributed by atoms with Gasteiger partial charge in [0.25, 0.3) is 5.91 Å². The van der Waals surface area contributed by atoms with Crippen molar-refractivity contribution in [3.05, 3.63) is 20.8 Å². The van der Waals surface area contributed by atoms with Crippen LogP contribution in [0, 0.1) is 0 Å². The lowest BCUT2D eigenvalue weighted by atomic mass is 10.0. The first-order valence-electron chi connectivity index (χ1n) is 5.31. The molecule has 0 aliphatic carbocycles. The Morgan fingerprint density at radius 1 is 1.69 bits per heavy atom. The van der Waals surface area contributed by atoms with Gasteiger partial charge in [0.05, 0.1) is 15.5 Å². The van der Waals surface area contributed by atoms with Crippen molar-refractivity contribution in [3.63, 3.8) is 0 Å². The van der Waals surface area contributed by atoms with Gasteiger partial charge in [0.15, 0.2) is 0 Å². The van der Waals surface area contributed by atoms with Crippen LogP contribution in [0.5, 0.6) is 0 Å². The molecule has 5 heteroatoms. The fraction of sp³-hybridized carbons (Fsp3) is 0.545. The highest BCUT2D eigenvalue weighted by Crippen LogP contribution is 2.21. The maximum absolute atomic E-state index is 11.9. The second kappa shape index (κ2) is 5.29. The minimum absolute atomic E-state index is 0.0149. The van der Waals surface area contributed by atoms with Gasteiger partial charge < -0.3 is 10.1 Å². The van der Waals surface area contributed by atoms with E-state index in [1.54, 1.807) is 0 Å². The predicted molar refractivity (Wildman–Crippen MR) is 67.9 cm³/mol. The third-order valence-corrected chi connectivity index (χ3v) is 4.15. The van der Waals surface area contributed by atoms with Crippen LogP contribution in [0.25, 0.3) is 0 Å². The third kappa shape index (κ3) is 3.06. The fourth-order valence-electron chi connectivity index (χ4n) is 1.83. The van der Waals surface area contributed by atoms with Crippen LogP contribution in [0.4, 0.5) is 0 Å². The van der Waals surface area contributed by atoms with Crippen LogP contribution < -0.4 is 5.32 Å². The summed E-state index contributed by atoms with van der Waals surface area (Å²) in [5.41, 5.74) is 0.732. The van der Waals surface area contributed by atoms with Gasteiger partial charge >= 0.3 is 0 Å². The van der Waals surface area contributed by atoms with E-state index in [4.69, 9.17) is 4.74 Å². The third-order valence-electron chi connectivity index (χ3n) is 2.65. The Bertz CT molecular complexity index is 380. The molecule has 3 nitrogen and oxygen atoms in total. The Morgan fingerprint density at radius 3 is 3.12 bits per heavy atom. The molecule has 1 aromatic rings. The first-order valence-corrected chi connectivity index (χ1v) is 6.99. The number of ether oxygens (including phenoxy) is 1. The molecule has 2 atom stereocenters. The number of carbonyl (C=O) groups excluding carboxylic acids is 1. The maximum Gasteiger partial charge on any atom is 0.252 e. The molecule has 0 aromatic carbocycles. The number of nitrogens with one attached hydrogen (secondary N) is 1. The van der Waals surface area contributed by atoms with Gasteiger partial charge in [-0.15, -0.1) is 11.3 Å². The number of halogens is 1. The van der Waals surface area contributed by atoms with E-state index in [1.807, 2.05) is 18.4 Å². The predicted octanol–water partition coefficient (Wildman–Crippen LogP) is 2.81. The monoisotopic (exact) mass is 303 g/mol. The minimum atomic E-state index is 0.0149. The van der Waals surface area contributed by atoms with Gasteiger partial charge in [-0.2, -0.15) is 0 Å². The van der Waals surface area contributed by atoms with Crippen LogP contribution in [-0.4, -0.2) is 24.7 Å². The molecule has 1 saturated heterocycles. The van der Waals surface area contributed by atoms with Gasteiger partial charge in [-0.25, -0.2) is 0 Å². The number of hydrogen-bond donors (Lipinski definition) is 1. The van der Waals surface area contributed by atoms with Crippen molar-refractivity contribution in [1.82, 2.24) is 5.32 Å². The minimum Gasteiger partial charge on any atom is -0.378 e. The highest BCUT2D eigenvalue weighted by molar-refractivity contribution is 9.11. The largest absolute Gasteiger partial charge is 0.378 e. The smallest absolute Gasteiger partial charge is 0.252 e. The maximum atomic E-state index is 11.9. The normalized spacial score (nSPS) is 25.4. The molecule has 1 amide bonds. The van der Waals surface area contributed by atoms with Gasteiger partial charge in [-0.05, 0) is 41.8 Å². The fourth-order valence-corrected chi connectivity index (χ4v) is 2.96. The molecule has 2 unspecified atom stereocenters. The van der Waals surface area contributed by atoms with E-state index >= 15 is 0 Å². The van der Waals surface area contributed by atoms with Crippen molar-refractivity contribution in [1.29, 1.82) is 0 Å². The van der Waals surface area contributed by atoms with Crippen molar-refractivity contribution < 1.29 is 9.53 Å². The van der Waals surface area contributed by atoms with Crippen LogP contribution in [0.3, 0.4) is 0 Å². The molecule has 1 aromatic heterocycles. The van der Waals surface area contributed by atoms with Gasteiger partial charge in [0.2, 0.25) is 0 Å². The van der Waals surface area contributed by atoms with Crippen LogP contribution in [0.15, 0.2) is 15.2 Å². The number of rotatable bonds is 2. The zero-order chi connectivity index (χ0) is 11.5. The summed E-state index contributed by atoms with van der Waals surface area (Å²) in [5.74, 6) is 0.0149. The van der Waals surface area contributed by atoms with Crippen molar-refractivity contribution in [2.45, 2.75) is 31.9 Å². The Kier molecular flexibility index (Phi) is 4.00. The van der Waals surface area contributed by atoms with E-state index in [-0.39, 0.29) is 18.1 Å². The van der Waals surface area contributed by atoms with E-state index in [0.29, 0.717) is 0 Å². The van der Waals surface area contributed by atoms with Gasteiger partial charge in [0, 0.05) is 18.0 Å². The second-order valence-corrected chi connectivity index (χ2v) is 6.31. The molecule has 88 valence electrons. The zero-order valence-electron chi connectivity index (χ0n) is 9.03. The molecular weight excluding hydrogens is 290 g/mol. The summed E-state index contributed by atoms with van der Waals surface area (Å²) in [7, 11) is 0. The van der Waals surface area contributed by atoms with Crippen molar-refractivity contribution in [3.8, 4) is 0 Å². The molecule has 2 heterocycles. The quantitative estimate of drug-likeness (QED) is 0.912. The summed E-state index contributed by atoms with van der Waals surface area (Å²) in [6.07, 6.45) is 2.05. The Morgan fingerprint density at radius 2 is 2.50 bits per heavy atom. The standard InChI is InChI=1S/C11H14BrNO2S/c1-7-4-9(2-3-15-7)13-11(14)8-5-10(12)16-6-8/h5-7,9H,2-4H2,1H3,(H,13,14). The van der Waals surface area contributed by atoms with Crippen LogP contribution >= 0.6 is 27.3 Å². The lowest BCUT2D eigenvalue weighted by Gasteiger charge is -2.27. The summed E-state index contributed by atoms with van der Waals surface area (Å²) in [6.45, 7) is 2.78. The van der Waals surface area contributed by atoms with E-state index < -0.39 is 0 Å². The van der Waals surface area contributed by atoms with E-state index in [9.17, 15) is 4.79 Å². The van der Waals surface area contributed by atoms with E-state index in [2.05, 4.69) is 21.2 Å². The average Bonchev–Trinajstić information content (AvgIpc) is 2.65. The molecule has 1 aliphatic heterocycles. The van der Waals surface area contributed by atoms with E-state index in [0.717, 1.165) is 28.8 Å². The number of hydrogen-bond acceptors (Lipinski definition) is 3. The SMILES string of the molecule is CC1CC(NC(=O)c2csc(Br)c2)CCO1. The zero-order valence-corrected chi connectivity index (χ0v) is 11.4. The summed E-state index contributed by atoms with van der Waals surface area (Å²) in [5, 5.41) is 4.91. The van der Waals surface area contributed by atoms with E-state index in [1.165, 1.54) is 11.3 Å². The number of amides is 1. The molecule has 0 spiro atoms. The van der Waals surface area contributed by atoms with Crippen LogP contribution in [0.2, 0.25) is 0 Å². The van der Waals surface area contributed by atoms with Gasteiger partial charge in [-0.1, -0.05) is 0 Å². The topological polar surface area (TPSA) is 38.3 Å². The summed E-state index contributed by atoms with van der Waals surface area (Å²) in [6, 6.07) is 2.10. The Hall–Kier alpha value is -0.390. The van der Waals surface area contributed by atoms with Crippen molar-refractivity contribution in [2.75, 3.05) is 6.61 Å². The number of carbonyl (C=O) groups is 1. The van der Waals surface area contributed by atoms with Crippen molar-refractivity contribution in [2.24, 2.45) is 0 Å². The second-order valence-electron chi connectivity index (χ2n) is 4.02. The molecule has 0 saturated carbocycles. The van der Waals surface area contributed by atoms with Gasteiger partial charge in [-0.3, -0.25) is 4.79 Å². The molecule has 1 fully saturated rings. The molecular formula is C11H14BrNO2S.